The average Bonchev–Trinajstić information content (AvgIpc) is 2.98. The third-order valence-corrected chi connectivity index (χ3v) is 3.20. The molecule has 1 unspecified atom stereocenters. The summed E-state index contributed by atoms with van der Waals surface area (Å²) >= 11 is 0. The number of hydrogen-bond donors (Lipinski definition) is 1. The molecule has 1 N–H and O–H groups in total. The minimum Gasteiger partial charge on any atom is -0.393 e. The van der Waals surface area contributed by atoms with Crippen LogP contribution in [0.3, 0.4) is 0 Å². The number of nitrogens with zero attached hydrogens (tertiary/aromatic N) is 3. The van der Waals surface area contributed by atoms with Crippen molar-refractivity contribution < 1.29 is 5.11 Å². The highest BCUT2D eigenvalue weighted by Gasteiger charge is 2.29. The topological polar surface area (TPSA) is 50.9 Å². The van der Waals surface area contributed by atoms with E-state index in [1.807, 2.05) is 4.68 Å². The van der Waals surface area contributed by atoms with Gasteiger partial charge >= 0.3 is 0 Å². The second-order valence-corrected chi connectivity index (χ2v) is 5.01. The smallest absolute Gasteiger partial charge is 0.138 e. The first-order chi connectivity index (χ1) is 7.68. The van der Waals surface area contributed by atoms with Gasteiger partial charge in [-0.05, 0) is 45.4 Å². The van der Waals surface area contributed by atoms with Crippen LogP contribution in [-0.4, -0.2) is 26.0 Å². The van der Waals surface area contributed by atoms with E-state index in [9.17, 15) is 5.11 Å². The van der Waals surface area contributed by atoms with Gasteiger partial charge in [0.2, 0.25) is 0 Å². The molecule has 4 heteroatoms. The maximum Gasteiger partial charge on any atom is 0.138 e. The van der Waals surface area contributed by atoms with Crippen molar-refractivity contribution in [3.05, 3.63) is 12.2 Å². The molecule has 16 heavy (non-hydrogen) atoms. The van der Waals surface area contributed by atoms with Crippen LogP contribution in [0.5, 0.6) is 0 Å². The second-order valence-electron chi connectivity index (χ2n) is 5.01. The van der Waals surface area contributed by atoms with E-state index in [4.69, 9.17) is 0 Å². The van der Waals surface area contributed by atoms with Crippen molar-refractivity contribution in [1.82, 2.24) is 14.8 Å². The van der Waals surface area contributed by atoms with Crippen LogP contribution in [0.2, 0.25) is 0 Å². The molecule has 1 saturated carbocycles. The Morgan fingerprint density at radius 2 is 2.25 bits per heavy atom. The van der Waals surface area contributed by atoms with Crippen LogP contribution in [0.25, 0.3) is 0 Å². The van der Waals surface area contributed by atoms with Gasteiger partial charge in [-0.3, -0.25) is 0 Å². The highest BCUT2D eigenvalue weighted by Crippen LogP contribution is 2.34. The van der Waals surface area contributed by atoms with E-state index in [1.54, 1.807) is 6.33 Å². The molecule has 1 aliphatic carbocycles. The van der Waals surface area contributed by atoms with Gasteiger partial charge in [0.05, 0.1) is 6.10 Å². The number of aliphatic hydroxyl groups is 1. The molecule has 1 aromatic rings. The molecule has 0 aliphatic heterocycles. The van der Waals surface area contributed by atoms with Gasteiger partial charge in [0, 0.05) is 12.5 Å². The van der Waals surface area contributed by atoms with Crippen LogP contribution in [0, 0.1) is 5.92 Å². The fourth-order valence-corrected chi connectivity index (χ4v) is 2.07. The number of aryl methyl sites for hydroxylation is 1. The zero-order chi connectivity index (χ0) is 11.5. The lowest BCUT2D eigenvalue weighted by Crippen LogP contribution is -2.12. The summed E-state index contributed by atoms with van der Waals surface area (Å²) in [6.45, 7) is 4.22. The van der Waals surface area contributed by atoms with Crippen LogP contribution >= 0.6 is 0 Å². The molecular weight excluding hydrogens is 202 g/mol. The van der Waals surface area contributed by atoms with Gasteiger partial charge in [0.15, 0.2) is 0 Å². The van der Waals surface area contributed by atoms with Gasteiger partial charge < -0.3 is 5.11 Å². The first-order valence-corrected chi connectivity index (χ1v) is 6.25. The molecule has 0 aromatic carbocycles. The van der Waals surface area contributed by atoms with Crippen molar-refractivity contribution >= 4 is 0 Å². The zero-order valence-electron chi connectivity index (χ0n) is 10.1. The van der Waals surface area contributed by atoms with Gasteiger partial charge in [0.25, 0.3) is 0 Å². The maximum atomic E-state index is 9.75. The highest BCUT2D eigenvalue weighted by molar-refractivity contribution is 4.88. The van der Waals surface area contributed by atoms with E-state index in [1.165, 1.54) is 12.8 Å². The van der Waals surface area contributed by atoms with Gasteiger partial charge in [0.1, 0.15) is 12.2 Å². The van der Waals surface area contributed by atoms with Gasteiger partial charge in [-0.2, -0.15) is 5.10 Å². The first kappa shape index (κ1) is 11.6. The standard InChI is InChI=1S/C12H21N3O/c1-9(2)15-12(13-8-14-15)5-3-4-11(16)10-6-7-10/h8-11,16H,3-7H2,1-2H3. The van der Waals surface area contributed by atoms with Crippen molar-refractivity contribution in [1.29, 1.82) is 0 Å². The van der Waals surface area contributed by atoms with Crippen molar-refractivity contribution in [3.8, 4) is 0 Å². The van der Waals surface area contributed by atoms with Crippen LogP contribution < -0.4 is 0 Å². The molecular formula is C12H21N3O. The SMILES string of the molecule is CC(C)n1ncnc1CCCC(O)C1CC1. The minimum absolute atomic E-state index is 0.0876. The molecule has 1 atom stereocenters. The van der Waals surface area contributed by atoms with Crippen LogP contribution in [0.1, 0.15) is 51.4 Å². The molecule has 90 valence electrons. The number of hydrogen-bond acceptors (Lipinski definition) is 3. The van der Waals surface area contributed by atoms with Crippen LogP contribution in [0.4, 0.5) is 0 Å². The quantitative estimate of drug-likeness (QED) is 0.802. The fourth-order valence-electron chi connectivity index (χ4n) is 2.07. The predicted octanol–water partition coefficient (Wildman–Crippen LogP) is 1.95. The lowest BCUT2D eigenvalue weighted by molar-refractivity contribution is 0.138. The predicted molar refractivity (Wildman–Crippen MR) is 62.1 cm³/mol. The third kappa shape index (κ3) is 2.82. The molecule has 0 bridgehead atoms. The van der Waals surface area contributed by atoms with E-state index in [2.05, 4.69) is 23.9 Å². The van der Waals surface area contributed by atoms with Gasteiger partial charge in [-0.15, -0.1) is 0 Å². The lowest BCUT2D eigenvalue weighted by atomic mass is 10.1. The van der Waals surface area contributed by atoms with Gasteiger partial charge in [-0.25, -0.2) is 9.67 Å². The summed E-state index contributed by atoms with van der Waals surface area (Å²) in [6.07, 6.45) is 6.77. The van der Waals surface area contributed by atoms with Crippen molar-refractivity contribution in [3.63, 3.8) is 0 Å². The Kier molecular flexibility index (Phi) is 3.59. The largest absolute Gasteiger partial charge is 0.393 e. The molecule has 1 fully saturated rings. The second kappa shape index (κ2) is 4.95. The normalized spacial score (nSPS) is 18.0. The Morgan fingerprint density at radius 1 is 1.50 bits per heavy atom. The summed E-state index contributed by atoms with van der Waals surface area (Å²) in [7, 11) is 0. The van der Waals surface area contributed by atoms with E-state index in [0.717, 1.165) is 25.1 Å². The molecule has 0 amide bonds. The summed E-state index contributed by atoms with van der Waals surface area (Å²) in [5.74, 6) is 1.63. The monoisotopic (exact) mass is 223 g/mol. The summed E-state index contributed by atoms with van der Waals surface area (Å²) in [5.41, 5.74) is 0. The Bertz CT molecular complexity index is 331. The molecule has 4 nitrogen and oxygen atoms in total. The van der Waals surface area contributed by atoms with Crippen LogP contribution in [0.15, 0.2) is 6.33 Å². The van der Waals surface area contributed by atoms with Crippen LogP contribution in [-0.2, 0) is 6.42 Å². The summed E-state index contributed by atoms with van der Waals surface area (Å²) < 4.78 is 1.96. The lowest BCUT2D eigenvalue weighted by Gasteiger charge is -2.11. The van der Waals surface area contributed by atoms with Crippen molar-refractivity contribution in [2.75, 3.05) is 0 Å². The Morgan fingerprint density at radius 3 is 2.88 bits per heavy atom. The maximum absolute atomic E-state index is 9.75. The Labute approximate surface area is 96.7 Å². The minimum atomic E-state index is -0.0876. The molecule has 1 heterocycles. The molecule has 1 aliphatic rings. The third-order valence-electron chi connectivity index (χ3n) is 3.20. The molecule has 0 radical (unpaired) electrons. The Balaban J connectivity index is 1.77. The zero-order valence-corrected chi connectivity index (χ0v) is 10.1. The number of aromatic nitrogens is 3. The van der Waals surface area contributed by atoms with E-state index in [-0.39, 0.29) is 6.10 Å². The molecule has 0 spiro atoms. The van der Waals surface area contributed by atoms with Crippen molar-refractivity contribution in [2.24, 2.45) is 5.92 Å². The fraction of sp³-hybridized carbons (Fsp3) is 0.833. The number of rotatable bonds is 6. The summed E-state index contributed by atoms with van der Waals surface area (Å²) in [5, 5.41) is 14.0. The Hall–Kier alpha value is -0.900. The summed E-state index contributed by atoms with van der Waals surface area (Å²) in [6, 6.07) is 0.367. The number of aliphatic hydroxyl groups excluding tert-OH is 1. The summed E-state index contributed by atoms with van der Waals surface area (Å²) in [4.78, 5) is 4.26. The van der Waals surface area contributed by atoms with Gasteiger partial charge in [-0.1, -0.05) is 0 Å². The highest BCUT2D eigenvalue weighted by atomic mass is 16.3. The van der Waals surface area contributed by atoms with E-state index < -0.39 is 0 Å². The van der Waals surface area contributed by atoms with E-state index >= 15 is 0 Å². The van der Waals surface area contributed by atoms with E-state index in [0.29, 0.717) is 12.0 Å². The molecule has 1 aromatic heterocycles. The average molecular weight is 223 g/mol. The molecule has 0 saturated heterocycles. The molecule has 2 rings (SSSR count). The van der Waals surface area contributed by atoms with Crippen molar-refractivity contribution in [2.45, 2.75) is 58.1 Å². The first-order valence-electron chi connectivity index (χ1n) is 6.25.